The topological polar surface area (TPSA) is 53.4 Å². The van der Waals surface area contributed by atoms with E-state index in [0.717, 1.165) is 12.3 Å². The SMILES string of the molecule is CC(C)N(CCC(=O)O)c1ccc(C(F)(F)F)cn1. The highest BCUT2D eigenvalue weighted by atomic mass is 19.4. The molecule has 1 N–H and O–H groups in total. The minimum absolute atomic E-state index is 0.0522. The lowest BCUT2D eigenvalue weighted by Crippen LogP contribution is -2.33. The summed E-state index contributed by atoms with van der Waals surface area (Å²) in [7, 11) is 0. The molecule has 0 bridgehead atoms. The Labute approximate surface area is 108 Å². The molecule has 0 aromatic carbocycles. The highest BCUT2D eigenvalue weighted by Crippen LogP contribution is 2.29. The molecule has 0 radical (unpaired) electrons. The van der Waals surface area contributed by atoms with E-state index in [1.807, 2.05) is 13.8 Å². The smallest absolute Gasteiger partial charge is 0.417 e. The second kappa shape index (κ2) is 5.90. The highest BCUT2D eigenvalue weighted by Gasteiger charge is 2.31. The average molecular weight is 276 g/mol. The van der Waals surface area contributed by atoms with Gasteiger partial charge in [-0.3, -0.25) is 4.79 Å². The van der Waals surface area contributed by atoms with Gasteiger partial charge in [-0.05, 0) is 26.0 Å². The fourth-order valence-electron chi connectivity index (χ4n) is 1.58. The zero-order valence-electron chi connectivity index (χ0n) is 10.6. The Morgan fingerprint density at radius 3 is 2.42 bits per heavy atom. The largest absolute Gasteiger partial charge is 0.481 e. The predicted octanol–water partition coefficient (Wildman–Crippen LogP) is 2.79. The Balaban J connectivity index is 2.88. The van der Waals surface area contributed by atoms with E-state index in [2.05, 4.69) is 4.98 Å². The van der Waals surface area contributed by atoms with Crippen molar-refractivity contribution in [3.8, 4) is 0 Å². The van der Waals surface area contributed by atoms with Gasteiger partial charge >= 0.3 is 12.1 Å². The Kier molecular flexibility index (Phi) is 4.74. The minimum atomic E-state index is -4.42. The maximum atomic E-state index is 12.4. The molecule has 0 aliphatic heterocycles. The van der Waals surface area contributed by atoms with E-state index < -0.39 is 17.7 Å². The van der Waals surface area contributed by atoms with E-state index in [1.54, 1.807) is 4.90 Å². The molecule has 0 atom stereocenters. The molecule has 0 saturated carbocycles. The number of hydrogen-bond donors (Lipinski definition) is 1. The lowest BCUT2D eigenvalue weighted by atomic mass is 10.2. The average Bonchev–Trinajstić information content (AvgIpc) is 2.27. The summed E-state index contributed by atoms with van der Waals surface area (Å²) < 4.78 is 37.2. The third kappa shape index (κ3) is 4.42. The number of anilines is 1. The molecule has 1 aromatic heterocycles. The highest BCUT2D eigenvalue weighted by molar-refractivity contribution is 5.67. The minimum Gasteiger partial charge on any atom is -0.481 e. The van der Waals surface area contributed by atoms with Gasteiger partial charge in [0.15, 0.2) is 0 Å². The summed E-state index contributed by atoms with van der Waals surface area (Å²) in [6.45, 7) is 3.84. The molecule has 0 spiro atoms. The number of carboxylic acid groups (broad SMARTS) is 1. The molecule has 0 saturated heterocycles. The van der Waals surface area contributed by atoms with Crippen molar-refractivity contribution in [2.75, 3.05) is 11.4 Å². The monoisotopic (exact) mass is 276 g/mol. The van der Waals surface area contributed by atoms with Crippen LogP contribution in [0, 0.1) is 0 Å². The molecule has 1 rings (SSSR count). The van der Waals surface area contributed by atoms with E-state index in [-0.39, 0.29) is 19.0 Å². The molecule has 0 fully saturated rings. The van der Waals surface area contributed by atoms with Gasteiger partial charge in [0.1, 0.15) is 5.82 Å². The van der Waals surface area contributed by atoms with Crippen LogP contribution in [0.15, 0.2) is 18.3 Å². The first kappa shape index (κ1) is 15.3. The summed E-state index contributed by atoms with van der Waals surface area (Å²) in [5.41, 5.74) is -0.821. The van der Waals surface area contributed by atoms with E-state index in [0.29, 0.717) is 5.82 Å². The van der Waals surface area contributed by atoms with Crippen LogP contribution in [0.2, 0.25) is 0 Å². The van der Waals surface area contributed by atoms with Gasteiger partial charge < -0.3 is 10.0 Å². The van der Waals surface area contributed by atoms with Gasteiger partial charge in [-0.15, -0.1) is 0 Å². The van der Waals surface area contributed by atoms with Gasteiger partial charge in [0.05, 0.1) is 12.0 Å². The van der Waals surface area contributed by atoms with Crippen molar-refractivity contribution in [2.45, 2.75) is 32.5 Å². The van der Waals surface area contributed by atoms with Crippen molar-refractivity contribution in [3.63, 3.8) is 0 Å². The van der Waals surface area contributed by atoms with Crippen molar-refractivity contribution in [1.82, 2.24) is 4.98 Å². The third-order valence-corrected chi connectivity index (χ3v) is 2.56. The van der Waals surface area contributed by atoms with Crippen LogP contribution in [0.3, 0.4) is 0 Å². The van der Waals surface area contributed by atoms with Gasteiger partial charge in [-0.25, -0.2) is 4.98 Å². The number of pyridine rings is 1. The Hall–Kier alpha value is -1.79. The Bertz CT molecular complexity index is 430. The number of nitrogens with zero attached hydrogens (tertiary/aromatic N) is 2. The molecule has 0 aliphatic carbocycles. The maximum absolute atomic E-state index is 12.4. The van der Waals surface area contributed by atoms with Crippen LogP contribution in [0.25, 0.3) is 0 Å². The quantitative estimate of drug-likeness (QED) is 0.898. The van der Waals surface area contributed by atoms with Crippen LogP contribution in [0.5, 0.6) is 0 Å². The molecule has 7 heteroatoms. The zero-order valence-corrected chi connectivity index (χ0v) is 10.6. The maximum Gasteiger partial charge on any atom is 0.417 e. The van der Waals surface area contributed by atoms with Crippen LogP contribution >= 0.6 is 0 Å². The number of aliphatic carboxylic acids is 1. The van der Waals surface area contributed by atoms with Crippen LogP contribution < -0.4 is 4.90 Å². The summed E-state index contributed by atoms with van der Waals surface area (Å²) in [4.78, 5) is 16.0. The fourth-order valence-corrected chi connectivity index (χ4v) is 1.58. The molecule has 0 aliphatic rings. The number of halogens is 3. The third-order valence-electron chi connectivity index (χ3n) is 2.56. The summed E-state index contributed by atoms with van der Waals surface area (Å²) in [6.07, 6.45) is -3.76. The molecule has 4 nitrogen and oxygen atoms in total. The molecular weight excluding hydrogens is 261 g/mol. The van der Waals surface area contributed by atoms with Crippen LogP contribution in [-0.4, -0.2) is 28.6 Å². The lowest BCUT2D eigenvalue weighted by Gasteiger charge is -2.27. The second-order valence-corrected chi connectivity index (χ2v) is 4.33. The Morgan fingerprint density at radius 2 is 2.05 bits per heavy atom. The number of rotatable bonds is 5. The molecule has 19 heavy (non-hydrogen) atoms. The summed E-state index contributed by atoms with van der Waals surface area (Å²) in [5.74, 6) is -0.623. The standard InChI is InChI=1S/C12H15F3N2O2/c1-8(2)17(6-5-11(18)19)10-4-3-9(7-16-10)12(13,14)15/h3-4,7-8H,5-6H2,1-2H3,(H,18,19). The molecule has 1 heterocycles. The molecular formula is C12H15F3N2O2. The fraction of sp³-hybridized carbons (Fsp3) is 0.500. The van der Waals surface area contributed by atoms with Crippen LogP contribution in [0.4, 0.5) is 19.0 Å². The van der Waals surface area contributed by atoms with Crippen molar-refractivity contribution < 1.29 is 23.1 Å². The summed E-state index contributed by atoms with van der Waals surface area (Å²) in [5, 5.41) is 8.65. The van der Waals surface area contributed by atoms with E-state index in [4.69, 9.17) is 5.11 Å². The van der Waals surface area contributed by atoms with Crippen LogP contribution in [0.1, 0.15) is 25.8 Å². The van der Waals surface area contributed by atoms with Crippen LogP contribution in [-0.2, 0) is 11.0 Å². The van der Waals surface area contributed by atoms with Crippen molar-refractivity contribution in [3.05, 3.63) is 23.9 Å². The number of alkyl halides is 3. The van der Waals surface area contributed by atoms with Gasteiger partial charge in [0.25, 0.3) is 0 Å². The number of aromatic nitrogens is 1. The number of hydrogen-bond acceptors (Lipinski definition) is 3. The molecule has 106 valence electrons. The lowest BCUT2D eigenvalue weighted by molar-refractivity contribution is -0.138. The van der Waals surface area contributed by atoms with Crippen molar-refractivity contribution >= 4 is 11.8 Å². The summed E-state index contributed by atoms with van der Waals surface area (Å²) in [6, 6.07) is 2.15. The predicted molar refractivity (Wildman–Crippen MR) is 64.0 cm³/mol. The first-order valence-electron chi connectivity index (χ1n) is 5.73. The number of carbonyl (C=O) groups is 1. The first-order chi connectivity index (χ1) is 8.71. The van der Waals surface area contributed by atoms with Crippen molar-refractivity contribution in [1.29, 1.82) is 0 Å². The van der Waals surface area contributed by atoms with Gasteiger partial charge in [0, 0.05) is 18.8 Å². The Morgan fingerprint density at radius 1 is 1.42 bits per heavy atom. The van der Waals surface area contributed by atoms with E-state index in [9.17, 15) is 18.0 Å². The molecule has 1 aromatic rings. The van der Waals surface area contributed by atoms with Gasteiger partial charge in [0.2, 0.25) is 0 Å². The van der Waals surface area contributed by atoms with Crippen molar-refractivity contribution in [2.24, 2.45) is 0 Å². The van der Waals surface area contributed by atoms with E-state index in [1.165, 1.54) is 6.07 Å². The number of carboxylic acids is 1. The normalized spacial score (nSPS) is 11.7. The van der Waals surface area contributed by atoms with Gasteiger partial charge in [-0.1, -0.05) is 0 Å². The van der Waals surface area contributed by atoms with Gasteiger partial charge in [-0.2, -0.15) is 13.2 Å². The summed E-state index contributed by atoms with van der Waals surface area (Å²) >= 11 is 0. The second-order valence-electron chi connectivity index (χ2n) is 4.33. The molecule has 0 amide bonds. The molecule has 0 unspecified atom stereocenters. The van der Waals surface area contributed by atoms with E-state index >= 15 is 0 Å². The zero-order chi connectivity index (χ0) is 14.6. The first-order valence-corrected chi connectivity index (χ1v) is 5.73.